The van der Waals surface area contributed by atoms with Gasteiger partial charge in [-0.2, -0.15) is 0 Å². The Hall–Kier alpha value is -1.39. The fourth-order valence-corrected chi connectivity index (χ4v) is 4.36. The Labute approximate surface area is 197 Å². The first-order valence-electron chi connectivity index (χ1n) is 13.3. The molecule has 1 saturated heterocycles. The molecular weight excluding hydrogens is 398 g/mol. The Bertz CT molecular complexity index is 543. The summed E-state index contributed by atoms with van der Waals surface area (Å²) >= 11 is 0. The van der Waals surface area contributed by atoms with Crippen LogP contribution >= 0.6 is 0 Å². The van der Waals surface area contributed by atoms with Gasteiger partial charge in [-0.3, -0.25) is 0 Å². The zero-order valence-electron chi connectivity index (χ0n) is 20.6. The van der Waals surface area contributed by atoms with Crippen LogP contribution in [-0.4, -0.2) is 28.8 Å². The first-order valence-corrected chi connectivity index (χ1v) is 13.3. The molecule has 0 aromatic heterocycles. The SMILES string of the molecule is CCCCCCCCCCCCCCC[C@@H]1CCCCN1.O=C(O)[C@@H](O)c1ccccc1. The third-order valence-corrected chi connectivity index (χ3v) is 6.42. The van der Waals surface area contributed by atoms with E-state index in [1.807, 2.05) is 0 Å². The zero-order valence-corrected chi connectivity index (χ0v) is 20.6. The van der Waals surface area contributed by atoms with E-state index in [-0.39, 0.29) is 0 Å². The highest BCUT2D eigenvalue weighted by molar-refractivity contribution is 5.73. The van der Waals surface area contributed by atoms with Gasteiger partial charge in [-0.25, -0.2) is 4.79 Å². The van der Waals surface area contributed by atoms with Gasteiger partial charge in [0.2, 0.25) is 0 Å². The number of aliphatic hydroxyl groups is 1. The maximum atomic E-state index is 10.2. The first-order chi connectivity index (χ1) is 15.6. The van der Waals surface area contributed by atoms with Crippen molar-refractivity contribution in [2.24, 2.45) is 0 Å². The average molecular weight is 448 g/mol. The van der Waals surface area contributed by atoms with Crippen molar-refractivity contribution in [3.05, 3.63) is 35.9 Å². The summed E-state index contributed by atoms with van der Waals surface area (Å²) in [6.07, 6.45) is 23.3. The lowest BCUT2D eigenvalue weighted by Crippen LogP contribution is -2.33. The average Bonchev–Trinajstić information content (AvgIpc) is 2.83. The van der Waals surface area contributed by atoms with Gasteiger partial charge in [-0.05, 0) is 31.4 Å². The molecule has 0 amide bonds. The summed E-state index contributed by atoms with van der Waals surface area (Å²) in [5.74, 6) is -1.23. The Kier molecular flexibility index (Phi) is 18.1. The van der Waals surface area contributed by atoms with Crippen LogP contribution in [0.1, 0.15) is 128 Å². The third kappa shape index (κ3) is 15.4. The zero-order chi connectivity index (χ0) is 23.3. The van der Waals surface area contributed by atoms with Crippen LogP contribution in [-0.2, 0) is 4.79 Å². The normalized spacial score (nSPS) is 16.8. The Morgan fingerprint density at radius 3 is 1.88 bits per heavy atom. The van der Waals surface area contributed by atoms with Crippen LogP contribution in [0.5, 0.6) is 0 Å². The summed E-state index contributed by atoms with van der Waals surface area (Å²) < 4.78 is 0. The number of carbonyl (C=O) groups is 1. The lowest BCUT2D eigenvalue weighted by molar-refractivity contribution is -0.146. The summed E-state index contributed by atoms with van der Waals surface area (Å²) in [5.41, 5.74) is 0.403. The van der Waals surface area contributed by atoms with E-state index in [2.05, 4.69) is 12.2 Å². The third-order valence-electron chi connectivity index (χ3n) is 6.42. The van der Waals surface area contributed by atoms with E-state index in [9.17, 15) is 4.79 Å². The molecule has 1 aromatic rings. The molecule has 1 heterocycles. The molecule has 0 spiro atoms. The van der Waals surface area contributed by atoms with Gasteiger partial charge in [0.05, 0.1) is 0 Å². The fourth-order valence-electron chi connectivity index (χ4n) is 4.36. The van der Waals surface area contributed by atoms with Gasteiger partial charge in [-0.15, -0.1) is 0 Å². The predicted octanol–water partition coefficient (Wildman–Crippen LogP) is 7.41. The molecule has 2 atom stereocenters. The van der Waals surface area contributed by atoms with Gasteiger partial charge in [-0.1, -0.05) is 127 Å². The maximum absolute atomic E-state index is 10.2. The lowest BCUT2D eigenvalue weighted by Gasteiger charge is -2.23. The molecule has 1 aliphatic rings. The summed E-state index contributed by atoms with van der Waals surface area (Å²) in [4.78, 5) is 10.2. The maximum Gasteiger partial charge on any atom is 0.337 e. The van der Waals surface area contributed by atoms with Crippen molar-refractivity contribution in [2.45, 2.75) is 128 Å². The molecule has 0 bridgehead atoms. The molecule has 184 valence electrons. The van der Waals surface area contributed by atoms with E-state index in [1.54, 1.807) is 30.3 Å². The van der Waals surface area contributed by atoms with Crippen LogP contribution in [0.15, 0.2) is 30.3 Å². The molecule has 0 saturated carbocycles. The summed E-state index contributed by atoms with van der Waals surface area (Å²) in [6.45, 7) is 3.56. The van der Waals surface area contributed by atoms with Gasteiger partial charge in [0.1, 0.15) is 0 Å². The Balaban J connectivity index is 0.000000389. The molecule has 4 nitrogen and oxygen atoms in total. The smallest absolute Gasteiger partial charge is 0.337 e. The van der Waals surface area contributed by atoms with E-state index >= 15 is 0 Å². The van der Waals surface area contributed by atoms with Crippen LogP contribution in [0.25, 0.3) is 0 Å². The second-order valence-corrected chi connectivity index (χ2v) is 9.33. The highest BCUT2D eigenvalue weighted by Crippen LogP contribution is 2.16. The standard InChI is InChI=1S/C20H41N.C8H8O3/c1-2-3-4-5-6-7-8-9-10-11-12-13-14-17-20-18-15-16-19-21-20;9-7(8(10)11)6-4-2-1-3-5-6/h20-21H,2-19H2,1H3;1-5,7,9H,(H,10,11)/t20-;7-/m10/s1. The first kappa shape index (κ1) is 28.6. The molecule has 0 aliphatic carbocycles. The highest BCUT2D eigenvalue weighted by Gasteiger charge is 2.14. The second kappa shape index (κ2) is 20.2. The quantitative estimate of drug-likeness (QED) is 0.231. The molecule has 1 aliphatic heterocycles. The van der Waals surface area contributed by atoms with Crippen molar-refractivity contribution in [3.63, 3.8) is 0 Å². The van der Waals surface area contributed by atoms with Gasteiger partial charge in [0, 0.05) is 6.04 Å². The topological polar surface area (TPSA) is 69.6 Å². The minimum atomic E-state index is -1.41. The second-order valence-electron chi connectivity index (χ2n) is 9.33. The monoisotopic (exact) mass is 447 g/mol. The number of hydrogen-bond acceptors (Lipinski definition) is 3. The Morgan fingerprint density at radius 1 is 0.875 bits per heavy atom. The summed E-state index contributed by atoms with van der Waals surface area (Å²) in [5, 5.41) is 21.0. The largest absolute Gasteiger partial charge is 0.479 e. The molecule has 0 unspecified atom stereocenters. The number of hydrogen-bond donors (Lipinski definition) is 3. The van der Waals surface area contributed by atoms with Gasteiger partial charge < -0.3 is 15.5 Å². The van der Waals surface area contributed by atoms with Crippen molar-refractivity contribution < 1.29 is 15.0 Å². The molecular formula is C28H49NO3. The number of benzene rings is 1. The summed E-state index contributed by atoms with van der Waals surface area (Å²) in [7, 11) is 0. The van der Waals surface area contributed by atoms with Crippen molar-refractivity contribution in [1.82, 2.24) is 5.32 Å². The van der Waals surface area contributed by atoms with E-state index in [1.165, 1.54) is 116 Å². The number of piperidine rings is 1. The minimum Gasteiger partial charge on any atom is -0.479 e. The van der Waals surface area contributed by atoms with E-state index < -0.39 is 12.1 Å². The van der Waals surface area contributed by atoms with Gasteiger partial charge >= 0.3 is 5.97 Å². The van der Waals surface area contributed by atoms with Crippen molar-refractivity contribution in [2.75, 3.05) is 6.54 Å². The predicted molar refractivity (Wildman–Crippen MR) is 135 cm³/mol. The van der Waals surface area contributed by atoms with Crippen LogP contribution in [0.3, 0.4) is 0 Å². The van der Waals surface area contributed by atoms with Crippen LogP contribution < -0.4 is 5.32 Å². The van der Waals surface area contributed by atoms with Crippen molar-refractivity contribution in [1.29, 1.82) is 0 Å². The van der Waals surface area contributed by atoms with Crippen LogP contribution in [0.2, 0.25) is 0 Å². The summed E-state index contributed by atoms with van der Waals surface area (Å²) in [6, 6.07) is 9.12. The fraction of sp³-hybridized carbons (Fsp3) is 0.750. The van der Waals surface area contributed by atoms with Gasteiger partial charge in [0.15, 0.2) is 6.10 Å². The van der Waals surface area contributed by atoms with E-state index in [0.717, 1.165) is 6.04 Å². The highest BCUT2D eigenvalue weighted by atomic mass is 16.4. The number of carboxylic acid groups (broad SMARTS) is 1. The number of unbranched alkanes of at least 4 members (excludes halogenated alkanes) is 12. The van der Waals surface area contributed by atoms with Crippen LogP contribution in [0, 0.1) is 0 Å². The molecule has 1 aromatic carbocycles. The molecule has 1 fully saturated rings. The molecule has 3 N–H and O–H groups in total. The Morgan fingerprint density at radius 2 is 1.41 bits per heavy atom. The molecule has 4 heteroatoms. The number of nitrogens with one attached hydrogen (secondary N) is 1. The molecule has 2 rings (SSSR count). The number of carboxylic acids is 1. The van der Waals surface area contributed by atoms with Gasteiger partial charge in [0.25, 0.3) is 0 Å². The number of rotatable bonds is 16. The van der Waals surface area contributed by atoms with E-state index in [4.69, 9.17) is 10.2 Å². The van der Waals surface area contributed by atoms with Crippen molar-refractivity contribution >= 4 is 5.97 Å². The number of aliphatic hydroxyl groups excluding tert-OH is 1. The van der Waals surface area contributed by atoms with E-state index in [0.29, 0.717) is 5.56 Å². The molecule has 0 radical (unpaired) electrons. The molecule has 32 heavy (non-hydrogen) atoms. The van der Waals surface area contributed by atoms with Crippen molar-refractivity contribution in [3.8, 4) is 0 Å². The number of aliphatic carboxylic acids is 1. The van der Waals surface area contributed by atoms with Crippen LogP contribution in [0.4, 0.5) is 0 Å². The lowest BCUT2D eigenvalue weighted by atomic mass is 9.98. The minimum absolute atomic E-state index is 0.403.